The first-order chi connectivity index (χ1) is 15.5. The molecular weight excluding hydrogens is 435 g/mol. The van der Waals surface area contributed by atoms with Crippen molar-refractivity contribution in [1.29, 1.82) is 0 Å². The fourth-order valence-electron chi connectivity index (χ4n) is 3.90. The standard InChI is InChI=1S/C22H26F3N7O/c1-13(15-8-17(22(23,24)25)11-18(26)9-15)27-20-19-10-16(12-32(19)29-14(2)28-20)21(33)31-6-4-30(3)5-7-31/h8-13H,4-7,26H2,1-3H3,(H,27,28,29)/t13-/m1/s1. The van der Waals surface area contributed by atoms with Gasteiger partial charge in [0, 0.05) is 38.1 Å². The van der Waals surface area contributed by atoms with Crippen LogP contribution >= 0.6 is 0 Å². The maximum absolute atomic E-state index is 13.2. The zero-order valence-electron chi connectivity index (χ0n) is 18.6. The van der Waals surface area contributed by atoms with Crippen LogP contribution in [0.5, 0.6) is 0 Å². The summed E-state index contributed by atoms with van der Waals surface area (Å²) in [5.41, 5.74) is 6.35. The fraction of sp³-hybridized carbons (Fsp3) is 0.409. The second kappa shape index (κ2) is 8.54. The maximum Gasteiger partial charge on any atom is 0.416 e. The van der Waals surface area contributed by atoms with E-state index in [1.54, 1.807) is 35.5 Å². The second-order valence-corrected chi connectivity index (χ2v) is 8.41. The number of hydrogen-bond acceptors (Lipinski definition) is 6. The number of carbonyl (C=O) groups excluding carboxylic acids is 1. The Morgan fingerprint density at radius 1 is 1.15 bits per heavy atom. The van der Waals surface area contributed by atoms with Gasteiger partial charge in [-0.25, -0.2) is 9.50 Å². The number of benzene rings is 1. The van der Waals surface area contributed by atoms with E-state index in [9.17, 15) is 18.0 Å². The van der Waals surface area contributed by atoms with Crippen LogP contribution in [0.3, 0.4) is 0 Å². The van der Waals surface area contributed by atoms with Crippen LogP contribution in [0.4, 0.5) is 24.7 Å². The van der Waals surface area contributed by atoms with E-state index in [4.69, 9.17) is 5.73 Å². The molecule has 1 saturated heterocycles. The van der Waals surface area contributed by atoms with E-state index in [0.29, 0.717) is 41.4 Å². The number of rotatable bonds is 4. The lowest BCUT2D eigenvalue weighted by Gasteiger charge is -2.32. The highest BCUT2D eigenvalue weighted by Crippen LogP contribution is 2.33. The quantitative estimate of drug-likeness (QED) is 0.580. The van der Waals surface area contributed by atoms with Gasteiger partial charge in [-0.05, 0) is 50.7 Å². The third kappa shape index (κ3) is 4.87. The summed E-state index contributed by atoms with van der Waals surface area (Å²) < 4.78 is 41.2. The third-order valence-corrected chi connectivity index (χ3v) is 5.76. The lowest BCUT2D eigenvalue weighted by Crippen LogP contribution is -2.47. The molecule has 1 fully saturated rings. The number of aromatic nitrogens is 3. The van der Waals surface area contributed by atoms with Crippen LogP contribution in [-0.4, -0.2) is 63.5 Å². The van der Waals surface area contributed by atoms with Crippen LogP contribution in [0.25, 0.3) is 5.52 Å². The number of fused-ring (bicyclic) bond motifs is 1. The minimum atomic E-state index is -4.50. The van der Waals surface area contributed by atoms with Crippen molar-refractivity contribution < 1.29 is 18.0 Å². The molecule has 176 valence electrons. The molecular formula is C22H26F3N7O. The van der Waals surface area contributed by atoms with E-state index in [-0.39, 0.29) is 11.6 Å². The predicted molar refractivity (Wildman–Crippen MR) is 119 cm³/mol. The summed E-state index contributed by atoms with van der Waals surface area (Å²) in [5.74, 6) is 0.786. The lowest BCUT2D eigenvalue weighted by molar-refractivity contribution is -0.137. The molecule has 1 aliphatic heterocycles. The van der Waals surface area contributed by atoms with E-state index in [1.165, 1.54) is 6.07 Å². The molecule has 33 heavy (non-hydrogen) atoms. The molecule has 3 aromatic rings. The molecule has 0 saturated carbocycles. The Hall–Kier alpha value is -3.34. The zero-order chi connectivity index (χ0) is 23.9. The number of alkyl halides is 3. The Balaban J connectivity index is 1.63. The topological polar surface area (TPSA) is 91.8 Å². The number of nitrogens with one attached hydrogen (secondary N) is 1. The average Bonchev–Trinajstić information content (AvgIpc) is 3.17. The molecule has 1 aromatic carbocycles. The minimum absolute atomic E-state index is 0.0280. The number of likely N-dealkylation sites (N-methyl/N-ethyl adjacent to an activating group) is 1. The number of nitrogens with two attached hydrogens (primary N) is 1. The maximum atomic E-state index is 13.2. The highest BCUT2D eigenvalue weighted by atomic mass is 19.4. The first-order valence-corrected chi connectivity index (χ1v) is 10.6. The molecule has 3 N–H and O–H groups in total. The van der Waals surface area contributed by atoms with Crippen LogP contribution in [0, 0.1) is 6.92 Å². The summed E-state index contributed by atoms with van der Waals surface area (Å²) >= 11 is 0. The Morgan fingerprint density at radius 2 is 1.85 bits per heavy atom. The van der Waals surface area contributed by atoms with Gasteiger partial charge in [-0.15, -0.1) is 0 Å². The van der Waals surface area contributed by atoms with E-state index in [2.05, 4.69) is 20.3 Å². The monoisotopic (exact) mass is 461 g/mol. The molecule has 1 amide bonds. The predicted octanol–water partition coefficient (Wildman–Crippen LogP) is 3.20. The fourth-order valence-corrected chi connectivity index (χ4v) is 3.90. The van der Waals surface area contributed by atoms with Gasteiger partial charge in [0.1, 0.15) is 11.3 Å². The first kappa shape index (κ1) is 22.8. The summed E-state index contributed by atoms with van der Waals surface area (Å²) in [6, 6.07) is 4.65. The molecule has 11 heteroatoms. The molecule has 4 rings (SSSR count). The summed E-state index contributed by atoms with van der Waals surface area (Å²) in [6.45, 7) is 6.34. The lowest BCUT2D eigenvalue weighted by atomic mass is 10.0. The third-order valence-electron chi connectivity index (χ3n) is 5.76. The molecule has 0 spiro atoms. The highest BCUT2D eigenvalue weighted by Gasteiger charge is 2.31. The second-order valence-electron chi connectivity index (χ2n) is 8.41. The molecule has 1 atom stereocenters. The zero-order valence-corrected chi connectivity index (χ0v) is 18.6. The largest absolute Gasteiger partial charge is 0.416 e. The van der Waals surface area contributed by atoms with Crippen LogP contribution in [0.1, 0.15) is 40.3 Å². The number of halogens is 3. The van der Waals surface area contributed by atoms with Crippen molar-refractivity contribution in [2.45, 2.75) is 26.1 Å². The summed E-state index contributed by atoms with van der Waals surface area (Å²) in [7, 11) is 2.02. The van der Waals surface area contributed by atoms with Gasteiger partial charge in [0.25, 0.3) is 5.91 Å². The van der Waals surface area contributed by atoms with Gasteiger partial charge in [-0.1, -0.05) is 0 Å². The highest BCUT2D eigenvalue weighted by molar-refractivity contribution is 5.96. The van der Waals surface area contributed by atoms with Crippen molar-refractivity contribution in [2.75, 3.05) is 44.3 Å². The van der Waals surface area contributed by atoms with Gasteiger partial charge in [-0.3, -0.25) is 4.79 Å². The number of aryl methyl sites for hydroxylation is 1. The number of nitrogens with zero attached hydrogens (tertiary/aromatic N) is 5. The molecule has 0 aliphatic carbocycles. The molecule has 0 unspecified atom stereocenters. The van der Waals surface area contributed by atoms with E-state index < -0.39 is 17.8 Å². The Kier molecular flexibility index (Phi) is 5.91. The number of anilines is 2. The molecule has 1 aliphatic rings. The van der Waals surface area contributed by atoms with Gasteiger partial charge >= 0.3 is 6.18 Å². The van der Waals surface area contributed by atoms with E-state index in [0.717, 1.165) is 25.2 Å². The van der Waals surface area contributed by atoms with Crippen molar-refractivity contribution in [3.05, 3.63) is 53.0 Å². The normalized spacial score (nSPS) is 16.2. The Morgan fingerprint density at radius 3 is 2.52 bits per heavy atom. The molecule has 0 bridgehead atoms. The van der Waals surface area contributed by atoms with Gasteiger partial charge in [-0.2, -0.15) is 18.3 Å². The Bertz CT molecular complexity index is 1180. The molecule has 3 heterocycles. The van der Waals surface area contributed by atoms with Crippen LogP contribution in [-0.2, 0) is 6.18 Å². The number of hydrogen-bond donors (Lipinski definition) is 2. The van der Waals surface area contributed by atoms with Gasteiger partial charge in [0.2, 0.25) is 0 Å². The Labute approximate surface area is 189 Å². The van der Waals surface area contributed by atoms with Gasteiger partial charge in [0.15, 0.2) is 5.82 Å². The van der Waals surface area contributed by atoms with E-state index in [1.807, 2.05) is 7.05 Å². The van der Waals surface area contributed by atoms with Gasteiger partial charge < -0.3 is 20.9 Å². The minimum Gasteiger partial charge on any atom is -0.399 e. The average molecular weight is 461 g/mol. The van der Waals surface area contributed by atoms with Crippen LogP contribution in [0.15, 0.2) is 30.5 Å². The van der Waals surface area contributed by atoms with Crippen molar-refractivity contribution in [3.63, 3.8) is 0 Å². The summed E-state index contributed by atoms with van der Waals surface area (Å²) in [4.78, 5) is 21.4. The number of carbonyl (C=O) groups is 1. The summed E-state index contributed by atoms with van der Waals surface area (Å²) in [5, 5.41) is 7.51. The number of piperazine rings is 1. The molecule has 2 aromatic heterocycles. The van der Waals surface area contributed by atoms with Crippen molar-refractivity contribution in [2.24, 2.45) is 0 Å². The smallest absolute Gasteiger partial charge is 0.399 e. The van der Waals surface area contributed by atoms with E-state index >= 15 is 0 Å². The SMILES string of the molecule is Cc1nc(N[C@H](C)c2cc(N)cc(C(F)(F)F)c2)c2cc(C(=O)N3CCN(C)CC3)cn2n1. The molecule has 0 radical (unpaired) electrons. The first-order valence-electron chi connectivity index (χ1n) is 10.6. The number of nitrogen functional groups attached to an aromatic ring is 1. The summed E-state index contributed by atoms with van der Waals surface area (Å²) in [6.07, 6.45) is -2.84. The van der Waals surface area contributed by atoms with Crippen LogP contribution < -0.4 is 11.1 Å². The number of amides is 1. The van der Waals surface area contributed by atoms with Crippen molar-refractivity contribution in [1.82, 2.24) is 24.4 Å². The molecule has 8 nitrogen and oxygen atoms in total. The van der Waals surface area contributed by atoms with Crippen molar-refractivity contribution >= 4 is 22.9 Å². The van der Waals surface area contributed by atoms with Crippen LogP contribution in [0.2, 0.25) is 0 Å². The van der Waals surface area contributed by atoms with Crippen molar-refractivity contribution in [3.8, 4) is 0 Å². The van der Waals surface area contributed by atoms with Gasteiger partial charge in [0.05, 0.1) is 17.2 Å².